The number of amides is 2. The van der Waals surface area contributed by atoms with Gasteiger partial charge in [-0.25, -0.2) is 4.79 Å². The summed E-state index contributed by atoms with van der Waals surface area (Å²) in [6.07, 6.45) is 2.45. The largest absolute Gasteiger partial charge is 0.393 e. The molecule has 122 valence electrons. The van der Waals surface area contributed by atoms with Gasteiger partial charge in [-0.05, 0) is 18.4 Å². The van der Waals surface area contributed by atoms with Crippen LogP contribution in [0.3, 0.4) is 0 Å². The van der Waals surface area contributed by atoms with Crippen molar-refractivity contribution in [2.24, 2.45) is 5.92 Å². The molecule has 3 unspecified atom stereocenters. The summed E-state index contributed by atoms with van der Waals surface area (Å²) >= 11 is 0. The van der Waals surface area contributed by atoms with E-state index in [9.17, 15) is 9.90 Å². The lowest BCUT2D eigenvalue weighted by atomic mass is 10.1. The molecular weight excluding hydrogens is 280 g/mol. The van der Waals surface area contributed by atoms with Gasteiger partial charge in [0, 0.05) is 33.2 Å². The number of aliphatic hydroxyl groups is 1. The maximum absolute atomic E-state index is 12.2. The van der Waals surface area contributed by atoms with Crippen molar-refractivity contribution >= 4 is 6.03 Å². The molecule has 0 heterocycles. The quantitative estimate of drug-likeness (QED) is 0.847. The maximum Gasteiger partial charge on any atom is 0.317 e. The molecule has 22 heavy (non-hydrogen) atoms. The number of urea groups is 1. The molecule has 2 rings (SSSR count). The second kappa shape index (κ2) is 8.15. The highest BCUT2D eigenvalue weighted by Crippen LogP contribution is 2.26. The SMILES string of the molecule is COC(CNC(=O)N(C)CC1CCCC1O)c1ccccc1. The second-order valence-corrected chi connectivity index (χ2v) is 5.96. The van der Waals surface area contributed by atoms with E-state index in [1.165, 1.54) is 0 Å². The smallest absolute Gasteiger partial charge is 0.317 e. The van der Waals surface area contributed by atoms with Gasteiger partial charge in [0.1, 0.15) is 0 Å². The van der Waals surface area contributed by atoms with Crippen LogP contribution in [0.1, 0.15) is 30.9 Å². The van der Waals surface area contributed by atoms with Gasteiger partial charge in [0.25, 0.3) is 0 Å². The normalized spacial score (nSPS) is 22.3. The number of ether oxygens (including phenoxy) is 1. The highest BCUT2D eigenvalue weighted by molar-refractivity contribution is 5.73. The minimum absolute atomic E-state index is 0.128. The molecule has 1 aromatic rings. The number of carbonyl (C=O) groups is 1. The molecular formula is C17H26N2O3. The van der Waals surface area contributed by atoms with Crippen LogP contribution in [-0.4, -0.2) is 49.4 Å². The Kier molecular flexibility index (Phi) is 6.21. The number of nitrogens with zero attached hydrogens (tertiary/aromatic N) is 1. The first-order chi connectivity index (χ1) is 10.6. The Balaban J connectivity index is 1.80. The van der Waals surface area contributed by atoms with Crippen molar-refractivity contribution in [3.05, 3.63) is 35.9 Å². The van der Waals surface area contributed by atoms with Gasteiger partial charge in [-0.3, -0.25) is 0 Å². The number of carbonyl (C=O) groups excluding carboxylic acids is 1. The van der Waals surface area contributed by atoms with E-state index in [4.69, 9.17) is 4.74 Å². The van der Waals surface area contributed by atoms with E-state index in [2.05, 4.69) is 5.32 Å². The fraction of sp³-hybridized carbons (Fsp3) is 0.588. The molecule has 0 bridgehead atoms. The third-order valence-corrected chi connectivity index (χ3v) is 4.37. The van der Waals surface area contributed by atoms with Crippen LogP contribution >= 0.6 is 0 Å². The zero-order chi connectivity index (χ0) is 15.9. The average Bonchev–Trinajstić information content (AvgIpc) is 2.94. The molecule has 1 aromatic carbocycles. The van der Waals surface area contributed by atoms with E-state index >= 15 is 0 Å². The standard InChI is InChI=1S/C17H26N2O3/c1-19(12-14-9-6-10-15(14)20)17(21)18-11-16(22-2)13-7-4-3-5-8-13/h3-5,7-8,14-16,20H,6,9-12H2,1-2H3,(H,18,21). The van der Waals surface area contributed by atoms with Crippen LogP contribution in [0.25, 0.3) is 0 Å². The van der Waals surface area contributed by atoms with Crippen molar-refractivity contribution in [2.45, 2.75) is 31.5 Å². The van der Waals surface area contributed by atoms with Crippen molar-refractivity contribution in [1.82, 2.24) is 10.2 Å². The van der Waals surface area contributed by atoms with Gasteiger partial charge in [0.05, 0.1) is 12.2 Å². The third-order valence-electron chi connectivity index (χ3n) is 4.37. The van der Waals surface area contributed by atoms with Crippen LogP contribution in [0.15, 0.2) is 30.3 Å². The number of hydrogen-bond acceptors (Lipinski definition) is 3. The molecule has 1 aliphatic carbocycles. The molecule has 2 amide bonds. The van der Waals surface area contributed by atoms with Crippen molar-refractivity contribution < 1.29 is 14.6 Å². The molecule has 0 spiro atoms. The Hall–Kier alpha value is -1.59. The lowest BCUT2D eigenvalue weighted by Gasteiger charge is -2.25. The van der Waals surface area contributed by atoms with Crippen molar-refractivity contribution in [2.75, 3.05) is 27.2 Å². The molecule has 1 saturated carbocycles. The van der Waals surface area contributed by atoms with Crippen molar-refractivity contribution in [3.8, 4) is 0 Å². The highest BCUT2D eigenvalue weighted by atomic mass is 16.5. The minimum atomic E-state index is -0.272. The first-order valence-corrected chi connectivity index (χ1v) is 7.86. The summed E-state index contributed by atoms with van der Waals surface area (Å²) in [6.45, 7) is 1.02. The summed E-state index contributed by atoms with van der Waals surface area (Å²) in [5, 5.41) is 12.7. The molecule has 0 aliphatic heterocycles. The zero-order valence-corrected chi connectivity index (χ0v) is 13.4. The van der Waals surface area contributed by atoms with E-state index in [-0.39, 0.29) is 24.2 Å². The van der Waals surface area contributed by atoms with Gasteiger partial charge >= 0.3 is 6.03 Å². The molecule has 0 saturated heterocycles. The van der Waals surface area contributed by atoms with Gasteiger partial charge in [-0.1, -0.05) is 36.8 Å². The highest BCUT2D eigenvalue weighted by Gasteiger charge is 2.27. The summed E-state index contributed by atoms with van der Waals surface area (Å²) in [6, 6.07) is 9.71. The Labute approximate surface area is 132 Å². The predicted molar refractivity (Wildman–Crippen MR) is 85.6 cm³/mol. The molecule has 0 radical (unpaired) electrons. The summed E-state index contributed by atoms with van der Waals surface area (Å²) in [5.41, 5.74) is 1.04. The number of benzene rings is 1. The molecule has 5 nitrogen and oxygen atoms in total. The van der Waals surface area contributed by atoms with E-state index in [1.807, 2.05) is 30.3 Å². The topological polar surface area (TPSA) is 61.8 Å². The third kappa shape index (κ3) is 4.45. The average molecular weight is 306 g/mol. The van der Waals surface area contributed by atoms with Gasteiger partial charge in [-0.2, -0.15) is 0 Å². The van der Waals surface area contributed by atoms with Crippen LogP contribution in [-0.2, 0) is 4.74 Å². The van der Waals surface area contributed by atoms with E-state index in [0.717, 1.165) is 24.8 Å². The summed E-state index contributed by atoms with van der Waals surface area (Å²) in [5.74, 6) is 0.197. The first kappa shape index (κ1) is 16.8. The van der Waals surface area contributed by atoms with E-state index in [1.54, 1.807) is 19.1 Å². The number of rotatable bonds is 6. The lowest BCUT2D eigenvalue weighted by molar-refractivity contribution is 0.0975. The Morgan fingerprint density at radius 2 is 2.14 bits per heavy atom. The first-order valence-electron chi connectivity index (χ1n) is 7.86. The van der Waals surface area contributed by atoms with E-state index in [0.29, 0.717) is 13.1 Å². The van der Waals surface area contributed by atoms with Gasteiger partial charge in [0.2, 0.25) is 0 Å². The Morgan fingerprint density at radius 3 is 2.73 bits per heavy atom. The maximum atomic E-state index is 12.2. The molecule has 1 fully saturated rings. The van der Waals surface area contributed by atoms with Crippen LogP contribution in [0, 0.1) is 5.92 Å². The van der Waals surface area contributed by atoms with Gasteiger partial charge in [0.15, 0.2) is 0 Å². The number of aliphatic hydroxyl groups excluding tert-OH is 1. The molecule has 1 aliphatic rings. The number of methoxy groups -OCH3 is 1. The van der Waals surface area contributed by atoms with Gasteiger partial charge < -0.3 is 20.1 Å². The second-order valence-electron chi connectivity index (χ2n) is 5.96. The van der Waals surface area contributed by atoms with Crippen LogP contribution in [0.2, 0.25) is 0 Å². The number of nitrogens with one attached hydrogen (secondary N) is 1. The van der Waals surface area contributed by atoms with Crippen molar-refractivity contribution in [1.29, 1.82) is 0 Å². The minimum Gasteiger partial charge on any atom is -0.393 e. The Morgan fingerprint density at radius 1 is 1.41 bits per heavy atom. The molecule has 3 atom stereocenters. The summed E-state index contributed by atoms with van der Waals surface area (Å²) in [4.78, 5) is 13.8. The van der Waals surface area contributed by atoms with Crippen LogP contribution < -0.4 is 5.32 Å². The molecule has 2 N–H and O–H groups in total. The van der Waals surface area contributed by atoms with Crippen LogP contribution in [0.4, 0.5) is 4.79 Å². The lowest BCUT2D eigenvalue weighted by Crippen LogP contribution is -2.42. The Bertz CT molecular complexity index is 466. The fourth-order valence-electron chi connectivity index (χ4n) is 2.98. The van der Waals surface area contributed by atoms with E-state index < -0.39 is 0 Å². The molecule has 5 heteroatoms. The zero-order valence-electron chi connectivity index (χ0n) is 13.4. The summed E-state index contributed by atoms with van der Waals surface area (Å²) < 4.78 is 5.44. The monoisotopic (exact) mass is 306 g/mol. The predicted octanol–water partition coefficient (Wildman–Crippen LogP) is 2.18. The van der Waals surface area contributed by atoms with Gasteiger partial charge in [-0.15, -0.1) is 0 Å². The number of hydrogen-bond donors (Lipinski definition) is 2. The molecule has 0 aromatic heterocycles. The summed E-state index contributed by atoms with van der Waals surface area (Å²) in [7, 11) is 3.41. The van der Waals surface area contributed by atoms with Crippen molar-refractivity contribution in [3.63, 3.8) is 0 Å². The van der Waals surface area contributed by atoms with Crippen LogP contribution in [0.5, 0.6) is 0 Å². The fourth-order valence-corrected chi connectivity index (χ4v) is 2.98.